The minimum absolute atomic E-state index is 0.676. The SMILES string of the molecule is C=C(C)CC(CC1CCCCC1)NCC. The third kappa shape index (κ3) is 5.36. The van der Waals surface area contributed by atoms with Gasteiger partial charge >= 0.3 is 0 Å². The molecule has 1 heteroatoms. The lowest BCUT2D eigenvalue weighted by atomic mass is 9.83. The van der Waals surface area contributed by atoms with Gasteiger partial charge in [-0.2, -0.15) is 0 Å². The fourth-order valence-corrected chi connectivity index (χ4v) is 2.77. The van der Waals surface area contributed by atoms with Gasteiger partial charge < -0.3 is 5.32 Å². The zero-order chi connectivity index (χ0) is 11.1. The highest BCUT2D eigenvalue weighted by Gasteiger charge is 2.18. The third-order valence-electron chi connectivity index (χ3n) is 3.43. The largest absolute Gasteiger partial charge is 0.314 e. The molecule has 15 heavy (non-hydrogen) atoms. The van der Waals surface area contributed by atoms with Gasteiger partial charge in [-0.1, -0.05) is 44.6 Å². The van der Waals surface area contributed by atoms with Crippen molar-refractivity contribution in [2.24, 2.45) is 5.92 Å². The van der Waals surface area contributed by atoms with Crippen LogP contribution in [0.15, 0.2) is 12.2 Å². The molecular formula is C14H27N. The summed E-state index contributed by atoms with van der Waals surface area (Å²) in [4.78, 5) is 0. The maximum Gasteiger partial charge on any atom is 0.0106 e. The Hall–Kier alpha value is -0.300. The predicted octanol–water partition coefficient (Wildman–Crippen LogP) is 3.90. The lowest BCUT2D eigenvalue weighted by Crippen LogP contribution is -2.31. The molecule has 1 rings (SSSR count). The van der Waals surface area contributed by atoms with Crippen molar-refractivity contribution in [1.29, 1.82) is 0 Å². The van der Waals surface area contributed by atoms with Crippen molar-refractivity contribution in [3.05, 3.63) is 12.2 Å². The van der Waals surface area contributed by atoms with E-state index < -0.39 is 0 Å². The molecule has 1 unspecified atom stereocenters. The van der Waals surface area contributed by atoms with E-state index >= 15 is 0 Å². The zero-order valence-electron chi connectivity index (χ0n) is 10.5. The Morgan fingerprint density at radius 1 is 1.33 bits per heavy atom. The van der Waals surface area contributed by atoms with Gasteiger partial charge in [0, 0.05) is 6.04 Å². The molecule has 1 saturated carbocycles. The molecule has 1 nitrogen and oxygen atoms in total. The van der Waals surface area contributed by atoms with Crippen LogP contribution >= 0.6 is 0 Å². The van der Waals surface area contributed by atoms with Crippen molar-refractivity contribution in [1.82, 2.24) is 5.32 Å². The van der Waals surface area contributed by atoms with Crippen molar-refractivity contribution in [2.45, 2.75) is 64.8 Å². The van der Waals surface area contributed by atoms with Crippen LogP contribution in [0, 0.1) is 5.92 Å². The Labute approximate surface area is 95.3 Å². The van der Waals surface area contributed by atoms with E-state index in [2.05, 4.69) is 25.7 Å². The average Bonchev–Trinajstić information content (AvgIpc) is 2.18. The third-order valence-corrected chi connectivity index (χ3v) is 3.43. The van der Waals surface area contributed by atoms with Gasteiger partial charge in [-0.3, -0.25) is 0 Å². The quantitative estimate of drug-likeness (QED) is 0.654. The van der Waals surface area contributed by atoms with Crippen LogP contribution in [0.1, 0.15) is 58.8 Å². The smallest absolute Gasteiger partial charge is 0.0106 e. The minimum Gasteiger partial charge on any atom is -0.314 e. The van der Waals surface area contributed by atoms with E-state index in [0.717, 1.165) is 18.9 Å². The molecule has 0 aliphatic heterocycles. The molecule has 88 valence electrons. The van der Waals surface area contributed by atoms with Gasteiger partial charge in [-0.05, 0) is 32.2 Å². The fourth-order valence-electron chi connectivity index (χ4n) is 2.77. The monoisotopic (exact) mass is 209 g/mol. The highest BCUT2D eigenvalue weighted by atomic mass is 14.9. The molecule has 1 aliphatic carbocycles. The first-order chi connectivity index (χ1) is 7.22. The Balaban J connectivity index is 2.31. The average molecular weight is 209 g/mol. The Kier molecular flexibility index (Phi) is 6.00. The minimum atomic E-state index is 0.676. The molecule has 0 saturated heterocycles. The number of hydrogen-bond acceptors (Lipinski definition) is 1. The summed E-state index contributed by atoms with van der Waals surface area (Å²) in [5.74, 6) is 0.974. The highest BCUT2D eigenvalue weighted by molar-refractivity contribution is 4.93. The summed E-state index contributed by atoms with van der Waals surface area (Å²) in [7, 11) is 0. The van der Waals surface area contributed by atoms with E-state index in [-0.39, 0.29) is 0 Å². The number of nitrogens with one attached hydrogen (secondary N) is 1. The first kappa shape index (κ1) is 12.8. The van der Waals surface area contributed by atoms with Crippen molar-refractivity contribution in [3.8, 4) is 0 Å². The van der Waals surface area contributed by atoms with E-state index in [0.29, 0.717) is 6.04 Å². The summed E-state index contributed by atoms with van der Waals surface area (Å²) in [6.45, 7) is 9.46. The van der Waals surface area contributed by atoms with Crippen LogP contribution in [0.4, 0.5) is 0 Å². The van der Waals surface area contributed by atoms with Crippen LogP contribution < -0.4 is 5.32 Å². The molecule has 0 aromatic carbocycles. The lowest BCUT2D eigenvalue weighted by Gasteiger charge is -2.27. The van der Waals surface area contributed by atoms with E-state index in [1.165, 1.54) is 44.1 Å². The Bertz CT molecular complexity index is 180. The topological polar surface area (TPSA) is 12.0 Å². The number of hydrogen-bond donors (Lipinski definition) is 1. The van der Waals surface area contributed by atoms with Crippen LogP contribution in [0.25, 0.3) is 0 Å². The molecule has 0 aromatic heterocycles. The standard InChI is InChI=1S/C14H27N/c1-4-15-14(10-12(2)3)11-13-8-6-5-7-9-13/h13-15H,2,4-11H2,1,3H3. The molecule has 0 radical (unpaired) electrons. The second-order valence-electron chi connectivity index (χ2n) is 5.16. The van der Waals surface area contributed by atoms with Crippen molar-refractivity contribution < 1.29 is 0 Å². The number of rotatable bonds is 6. The summed E-state index contributed by atoms with van der Waals surface area (Å²) in [5.41, 5.74) is 1.32. The molecule has 1 aliphatic rings. The second kappa shape index (κ2) is 7.05. The normalized spacial score (nSPS) is 20.1. The zero-order valence-corrected chi connectivity index (χ0v) is 10.5. The maximum atomic E-state index is 4.03. The van der Waals surface area contributed by atoms with Gasteiger partial charge in [0.2, 0.25) is 0 Å². The Morgan fingerprint density at radius 3 is 2.53 bits per heavy atom. The van der Waals surface area contributed by atoms with Gasteiger partial charge in [0.05, 0.1) is 0 Å². The van der Waals surface area contributed by atoms with Gasteiger partial charge in [0.25, 0.3) is 0 Å². The van der Waals surface area contributed by atoms with Crippen LogP contribution in [0.5, 0.6) is 0 Å². The second-order valence-corrected chi connectivity index (χ2v) is 5.16. The summed E-state index contributed by atoms with van der Waals surface area (Å²) in [5, 5.41) is 3.60. The lowest BCUT2D eigenvalue weighted by molar-refractivity contribution is 0.298. The van der Waals surface area contributed by atoms with Gasteiger partial charge in [0.1, 0.15) is 0 Å². The molecule has 0 spiro atoms. The van der Waals surface area contributed by atoms with Crippen LogP contribution in [0.3, 0.4) is 0 Å². The molecule has 1 N–H and O–H groups in total. The maximum absolute atomic E-state index is 4.03. The molecule has 0 bridgehead atoms. The van der Waals surface area contributed by atoms with Gasteiger partial charge in [-0.25, -0.2) is 0 Å². The van der Waals surface area contributed by atoms with E-state index in [4.69, 9.17) is 0 Å². The molecule has 0 heterocycles. The summed E-state index contributed by atoms with van der Waals surface area (Å²) in [6, 6.07) is 0.676. The van der Waals surface area contributed by atoms with Crippen molar-refractivity contribution >= 4 is 0 Å². The first-order valence-corrected chi connectivity index (χ1v) is 6.60. The highest BCUT2D eigenvalue weighted by Crippen LogP contribution is 2.28. The van der Waals surface area contributed by atoms with Crippen LogP contribution in [0.2, 0.25) is 0 Å². The van der Waals surface area contributed by atoms with E-state index in [9.17, 15) is 0 Å². The van der Waals surface area contributed by atoms with Gasteiger partial charge in [-0.15, -0.1) is 6.58 Å². The Morgan fingerprint density at radius 2 is 2.00 bits per heavy atom. The van der Waals surface area contributed by atoms with Crippen LogP contribution in [-0.2, 0) is 0 Å². The fraction of sp³-hybridized carbons (Fsp3) is 0.857. The summed E-state index contributed by atoms with van der Waals surface area (Å²) >= 11 is 0. The van der Waals surface area contributed by atoms with Crippen molar-refractivity contribution in [3.63, 3.8) is 0 Å². The molecule has 1 atom stereocenters. The molecular weight excluding hydrogens is 182 g/mol. The molecule has 0 aromatic rings. The predicted molar refractivity (Wildman–Crippen MR) is 68.1 cm³/mol. The van der Waals surface area contributed by atoms with Crippen molar-refractivity contribution in [2.75, 3.05) is 6.54 Å². The van der Waals surface area contributed by atoms with E-state index in [1.54, 1.807) is 0 Å². The summed E-state index contributed by atoms with van der Waals surface area (Å²) in [6.07, 6.45) is 9.80. The van der Waals surface area contributed by atoms with Crippen LogP contribution in [-0.4, -0.2) is 12.6 Å². The summed E-state index contributed by atoms with van der Waals surface area (Å²) < 4.78 is 0. The van der Waals surface area contributed by atoms with E-state index in [1.807, 2.05) is 0 Å². The van der Waals surface area contributed by atoms with Gasteiger partial charge in [0.15, 0.2) is 0 Å². The molecule has 0 amide bonds. The first-order valence-electron chi connectivity index (χ1n) is 6.60. The molecule has 1 fully saturated rings.